The fourth-order valence-corrected chi connectivity index (χ4v) is 4.13. The SMILES string of the molecule is OC1CCCN(Cc2cn(Cc3ccccc3)nc2-c2ccc3c(c2)OCO3)C1. The molecule has 3 aromatic rings. The Kier molecular flexibility index (Phi) is 4.96. The summed E-state index contributed by atoms with van der Waals surface area (Å²) in [6, 6.07) is 16.3. The first-order valence-corrected chi connectivity index (χ1v) is 10.2. The van der Waals surface area contributed by atoms with Crippen LogP contribution in [-0.4, -0.2) is 45.8 Å². The Hall–Kier alpha value is -2.83. The van der Waals surface area contributed by atoms with Gasteiger partial charge in [-0.3, -0.25) is 9.58 Å². The molecule has 2 aliphatic heterocycles. The molecule has 0 radical (unpaired) electrons. The van der Waals surface area contributed by atoms with Crippen molar-refractivity contribution in [3.05, 3.63) is 65.9 Å². The van der Waals surface area contributed by atoms with Crippen LogP contribution >= 0.6 is 0 Å². The van der Waals surface area contributed by atoms with Gasteiger partial charge < -0.3 is 14.6 Å². The quantitative estimate of drug-likeness (QED) is 0.723. The molecule has 150 valence electrons. The van der Waals surface area contributed by atoms with E-state index in [9.17, 15) is 5.11 Å². The third-order valence-corrected chi connectivity index (χ3v) is 5.55. The maximum atomic E-state index is 10.1. The van der Waals surface area contributed by atoms with E-state index < -0.39 is 0 Å². The number of aromatic nitrogens is 2. The Morgan fingerprint density at radius 3 is 2.76 bits per heavy atom. The summed E-state index contributed by atoms with van der Waals surface area (Å²) in [6.07, 6.45) is 3.81. The average molecular weight is 391 g/mol. The van der Waals surface area contributed by atoms with Crippen molar-refractivity contribution in [3.8, 4) is 22.8 Å². The van der Waals surface area contributed by atoms with Crippen molar-refractivity contribution < 1.29 is 14.6 Å². The standard InChI is InChI=1S/C23H25N3O3/c27-20-7-4-10-25(15-20)13-19-14-26(12-17-5-2-1-3-6-17)24-23(19)18-8-9-21-22(11-18)29-16-28-21/h1-3,5-6,8-9,11,14,20,27H,4,7,10,12-13,15-16H2. The van der Waals surface area contributed by atoms with Crippen LogP contribution in [0.15, 0.2) is 54.7 Å². The molecule has 0 aliphatic carbocycles. The highest BCUT2D eigenvalue weighted by Crippen LogP contribution is 2.36. The number of aliphatic hydroxyl groups excluding tert-OH is 1. The van der Waals surface area contributed by atoms with E-state index in [-0.39, 0.29) is 12.9 Å². The second-order valence-corrected chi connectivity index (χ2v) is 7.79. The molecule has 1 aromatic heterocycles. The van der Waals surface area contributed by atoms with E-state index in [1.54, 1.807) is 0 Å². The van der Waals surface area contributed by atoms with Crippen molar-refractivity contribution in [2.75, 3.05) is 19.9 Å². The van der Waals surface area contributed by atoms with E-state index in [4.69, 9.17) is 14.6 Å². The van der Waals surface area contributed by atoms with Crippen molar-refractivity contribution >= 4 is 0 Å². The van der Waals surface area contributed by atoms with E-state index in [2.05, 4.69) is 23.2 Å². The van der Waals surface area contributed by atoms with Crippen molar-refractivity contribution in [2.24, 2.45) is 0 Å². The summed E-state index contributed by atoms with van der Waals surface area (Å²) in [5.74, 6) is 1.54. The normalized spacial score (nSPS) is 18.9. The van der Waals surface area contributed by atoms with Crippen LogP contribution in [0.1, 0.15) is 24.0 Å². The molecule has 6 nitrogen and oxygen atoms in total. The van der Waals surface area contributed by atoms with Crippen LogP contribution in [0.25, 0.3) is 11.3 Å². The van der Waals surface area contributed by atoms with Gasteiger partial charge in [-0.05, 0) is 43.1 Å². The molecular weight excluding hydrogens is 366 g/mol. The largest absolute Gasteiger partial charge is 0.454 e. The van der Waals surface area contributed by atoms with Gasteiger partial charge in [-0.25, -0.2) is 0 Å². The summed E-state index contributed by atoms with van der Waals surface area (Å²) in [5.41, 5.74) is 4.36. The number of hydrogen-bond donors (Lipinski definition) is 1. The van der Waals surface area contributed by atoms with E-state index in [0.29, 0.717) is 6.54 Å². The number of hydrogen-bond acceptors (Lipinski definition) is 5. The molecule has 2 aromatic carbocycles. The van der Waals surface area contributed by atoms with Crippen LogP contribution in [0, 0.1) is 0 Å². The maximum absolute atomic E-state index is 10.1. The smallest absolute Gasteiger partial charge is 0.231 e. The average Bonchev–Trinajstić information content (AvgIpc) is 3.35. The highest BCUT2D eigenvalue weighted by molar-refractivity contribution is 5.67. The van der Waals surface area contributed by atoms with E-state index >= 15 is 0 Å². The van der Waals surface area contributed by atoms with Crippen LogP contribution in [-0.2, 0) is 13.1 Å². The molecule has 1 atom stereocenters. The minimum Gasteiger partial charge on any atom is -0.454 e. The van der Waals surface area contributed by atoms with Crippen molar-refractivity contribution in [2.45, 2.75) is 32.0 Å². The topological polar surface area (TPSA) is 59.8 Å². The Labute approximate surface area is 170 Å². The highest BCUT2D eigenvalue weighted by atomic mass is 16.7. The molecule has 1 N–H and O–H groups in total. The summed E-state index contributed by atoms with van der Waals surface area (Å²) in [6.45, 7) is 3.47. The first-order chi connectivity index (χ1) is 14.2. The van der Waals surface area contributed by atoms with Gasteiger partial charge in [0.05, 0.1) is 18.3 Å². The summed E-state index contributed by atoms with van der Waals surface area (Å²) < 4.78 is 13.0. The van der Waals surface area contributed by atoms with Gasteiger partial charge in [0, 0.05) is 30.4 Å². The molecule has 6 heteroatoms. The second kappa shape index (κ2) is 7.89. The highest BCUT2D eigenvalue weighted by Gasteiger charge is 2.22. The van der Waals surface area contributed by atoms with Gasteiger partial charge in [-0.1, -0.05) is 30.3 Å². The van der Waals surface area contributed by atoms with Gasteiger partial charge >= 0.3 is 0 Å². The Morgan fingerprint density at radius 1 is 1.03 bits per heavy atom. The number of ether oxygens (including phenoxy) is 2. The van der Waals surface area contributed by atoms with Crippen LogP contribution < -0.4 is 9.47 Å². The van der Waals surface area contributed by atoms with Gasteiger partial charge in [0.2, 0.25) is 6.79 Å². The number of rotatable bonds is 5. The molecule has 3 heterocycles. The zero-order valence-corrected chi connectivity index (χ0v) is 16.3. The molecule has 29 heavy (non-hydrogen) atoms. The lowest BCUT2D eigenvalue weighted by atomic mass is 10.0. The van der Waals surface area contributed by atoms with Crippen molar-refractivity contribution in [1.29, 1.82) is 0 Å². The van der Waals surface area contributed by atoms with Crippen LogP contribution in [0.4, 0.5) is 0 Å². The van der Waals surface area contributed by atoms with Crippen molar-refractivity contribution in [1.82, 2.24) is 14.7 Å². The van der Waals surface area contributed by atoms with Crippen molar-refractivity contribution in [3.63, 3.8) is 0 Å². The molecule has 0 spiro atoms. The molecule has 5 rings (SSSR count). The van der Waals surface area contributed by atoms with E-state index in [1.165, 1.54) is 5.56 Å². The summed E-state index contributed by atoms with van der Waals surface area (Å²) in [5, 5.41) is 15.0. The Bertz CT molecular complexity index is 986. The molecule has 0 amide bonds. The third-order valence-electron chi connectivity index (χ3n) is 5.55. The lowest BCUT2D eigenvalue weighted by Gasteiger charge is -2.29. The zero-order chi connectivity index (χ0) is 19.6. The first-order valence-electron chi connectivity index (χ1n) is 10.2. The molecule has 0 bridgehead atoms. The van der Waals surface area contributed by atoms with Gasteiger partial charge in [-0.15, -0.1) is 0 Å². The summed E-state index contributed by atoms with van der Waals surface area (Å²) in [7, 11) is 0. The molecule has 1 fully saturated rings. The summed E-state index contributed by atoms with van der Waals surface area (Å²) >= 11 is 0. The summed E-state index contributed by atoms with van der Waals surface area (Å²) in [4.78, 5) is 2.31. The lowest BCUT2D eigenvalue weighted by Crippen LogP contribution is -2.37. The number of aliphatic hydroxyl groups is 1. The number of piperidine rings is 1. The lowest BCUT2D eigenvalue weighted by molar-refractivity contribution is 0.0669. The molecule has 0 saturated carbocycles. The Balaban J connectivity index is 1.47. The van der Waals surface area contributed by atoms with Crippen LogP contribution in [0.5, 0.6) is 11.5 Å². The molecular formula is C23H25N3O3. The molecule has 2 aliphatic rings. The number of likely N-dealkylation sites (tertiary alicyclic amines) is 1. The monoisotopic (exact) mass is 391 g/mol. The fraction of sp³-hybridized carbons (Fsp3) is 0.348. The van der Waals surface area contributed by atoms with Gasteiger partial charge in [0.25, 0.3) is 0 Å². The molecule has 1 unspecified atom stereocenters. The third kappa shape index (κ3) is 3.99. The van der Waals surface area contributed by atoms with E-state index in [1.807, 2.05) is 41.1 Å². The maximum Gasteiger partial charge on any atom is 0.231 e. The number of fused-ring (bicyclic) bond motifs is 1. The predicted molar refractivity (Wildman–Crippen MR) is 110 cm³/mol. The van der Waals surface area contributed by atoms with Gasteiger partial charge in [-0.2, -0.15) is 5.10 Å². The Morgan fingerprint density at radius 2 is 1.90 bits per heavy atom. The van der Waals surface area contributed by atoms with Gasteiger partial charge in [0.15, 0.2) is 11.5 Å². The van der Waals surface area contributed by atoms with Gasteiger partial charge in [0.1, 0.15) is 0 Å². The fourth-order valence-electron chi connectivity index (χ4n) is 4.13. The predicted octanol–water partition coefficient (Wildman–Crippen LogP) is 3.28. The van der Waals surface area contributed by atoms with Crippen LogP contribution in [0.3, 0.4) is 0 Å². The van der Waals surface area contributed by atoms with Crippen LogP contribution in [0.2, 0.25) is 0 Å². The number of β-amino-alcohol motifs (C(OH)–C–C–N with tert-alkyl or cyclic N) is 1. The zero-order valence-electron chi connectivity index (χ0n) is 16.3. The number of nitrogens with zero attached hydrogens (tertiary/aromatic N) is 3. The number of benzene rings is 2. The minimum absolute atomic E-state index is 0.239. The van der Waals surface area contributed by atoms with E-state index in [0.717, 1.165) is 60.8 Å². The molecule has 1 saturated heterocycles. The minimum atomic E-state index is -0.239. The first kappa shape index (κ1) is 18.2. The second-order valence-electron chi connectivity index (χ2n) is 7.79.